The maximum Gasteiger partial charge on any atom is 0.243 e. The minimum Gasteiger partial charge on any atom is -0.327 e. The Kier molecular flexibility index (Phi) is 3.90. The van der Waals surface area contributed by atoms with E-state index in [1.807, 2.05) is 55.5 Å². The molecule has 1 saturated heterocycles. The van der Waals surface area contributed by atoms with Crippen molar-refractivity contribution >= 4 is 17.5 Å². The van der Waals surface area contributed by atoms with E-state index in [2.05, 4.69) is 16.7 Å². The second kappa shape index (κ2) is 6.44. The molecule has 2 unspecified atom stereocenters. The molecule has 2 heterocycles. The van der Waals surface area contributed by atoms with Crippen LogP contribution in [-0.2, 0) is 22.6 Å². The van der Waals surface area contributed by atoms with Gasteiger partial charge in [0.25, 0.3) is 0 Å². The van der Waals surface area contributed by atoms with Gasteiger partial charge in [0.15, 0.2) is 0 Å². The van der Waals surface area contributed by atoms with E-state index >= 15 is 0 Å². The van der Waals surface area contributed by atoms with Crippen LogP contribution in [-0.4, -0.2) is 21.4 Å². The van der Waals surface area contributed by atoms with E-state index in [4.69, 9.17) is 4.98 Å². The molecule has 5 rings (SSSR count). The first-order valence-corrected chi connectivity index (χ1v) is 9.68. The molecule has 3 aromatic rings. The highest BCUT2D eigenvalue weighted by Crippen LogP contribution is 2.44. The molecule has 5 nitrogen and oxygen atoms in total. The predicted molar refractivity (Wildman–Crippen MR) is 106 cm³/mol. The van der Waals surface area contributed by atoms with Crippen LogP contribution in [0.25, 0.3) is 0 Å². The van der Waals surface area contributed by atoms with E-state index in [0.717, 1.165) is 29.2 Å². The zero-order valence-electron chi connectivity index (χ0n) is 15.7. The number of hydrogen-bond donors (Lipinski definition) is 0. The fraction of sp³-hybridized carbons (Fsp3) is 0.261. The molecule has 1 fully saturated rings. The number of nitrogens with zero attached hydrogens (tertiary/aromatic N) is 3. The third-order valence-corrected chi connectivity index (χ3v) is 5.88. The minimum absolute atomic E-state index is 0.0861. The van der Waals surface area contributed by atoms with Crippen LogP contribution in [0.2, 0.25) is 0 Å². The number of aromatic nitrogens is 2. The van der Waals surface area contributed by atoms with Crippen molar-refractivity contribution in [2.45, 2.75) is 32.2 Å². The van der Waals surface area contributed by atoms with Crippen molar-refractivity contribution in [3.8, 4) is 0 Å². The molecule has 28 heavy (non-hydrogen) atoms. The highest BCUT2D eigenvalue weighted by molar-refractivity contribution is 6.24. The van der Waals surface area contributed by atoms with Crippen molar-refractivity contribution in [2.24, 2.45) is 5.92 Å². The molecule has 2 amide bonds. The quantitative estimate of drug-likeness (QED) is 0.663. The largest absolute Gasteiger partial charge is 0.327 e. The molecular formula is C23H21N3O2. The smallest absolute Gasteiger partial charge is 0.243 e. The van der Waals surface area contributed by atoms with Crippen LogP contribution in [0.15, 0.2) is 60.7 Å². The molecule has 1 aromatic heterocycles. The van der Waals surface area contributed by atoms with Gasteiger partial charge in [0.2, 0.25) is 11.8 Å². The van der Waals surface area contributed by atoms with Gasteiger partial charge < -0.3 is 4.57 Å². The Morgan fingerprint density at radius 3 is 2.36 bits per heavy atom. The number of imidazole rings is 1. The minimum atomic E-state index is -0.443. The zero-order chi connectivity index (χ0) is 19.3. The Labute approximate surface area is 163 Å². The predicted octanol–water partition coefficient (Wildman–Crippen LogP) is 3.46. The first-order valence-electron chi connectivity index (χ1n) is 9.68. The van der Waals surface area contributed by atoms with Crippen molar-refractivity contribution < 1.29 is 9.59 Å². The molecule has 0 bridgehead atoms. The molecule has 0 spiro atoms. The molecule has 1 aliphatic heterocycles. The fourth-order valence-corrected chi connectivity index (χ4v) is 4.59. The van der Waals surface area contributed by atoms with Crippen molar-refractivity contribution in [3.63, 3.8) is 0 Å². The molecule has 2 atom stereocenters. The lowest BCUT2D eigenvalue weighted by molar-refractivity contribution is -0.122. The maximum atomic E-state index is 13.4. The van der Waals surface area contributed by atoms with Crippen molar-refractivity contribution in [3.05, 3.63) is 83.4 Å². The van der Waals surface area contributed by atoms with Crippen molar-refractivity contribution in [1.82, 2.24) is 9.55 Å². The molecule has 2 aliphatic rings. The number of amides is 2. The Morgan fingerprint density at radius 1 is 0.964 bits per heavy atom. The molecule has 2 aromatic carbocycles. The number of rotatable bonds is 3. The Morgan fingerprint density at radius 2 is 1.64 bits per heavy atom. The van der Waals surface area contributed by atoms with E-state index in [0.29, 0.717) is 18.7 Å². The monoisotopic (exact) mass is 371 g/mol. The van der Waals surface area contributed by atoms with Crippen LogP contribution in [0.4, 0.5) is 5.69 Å². The summed E-state index contributed by atoms with van der Waals surface area (Å²) in [6.45, 7) is 2.64. The Bertz CT molecular complexity index is 1060. The van der Waals surface area contributed by atoms with Gasteiger partial charge in [-0.1, -0.05) is 48.5 Å². The second-order valence-electron chi connectivity index (χ2n) is 7.53. The summed E-state index contributed by atoms with van der Waals surface area (Å²) in [6.07, 6.45) is 1.41. The normalized spacial score (nSPS) is 21.0. The topological polar surface area (TPSA) is 55.2 Å². The second-order valence-corrected chi connectivity index (χ2v) is 7.53. The summed E-state index contributed by atoms with van der Waals surface area (Å²) in [6, 6.07) is 19.4. The number of aryl methyl sites for hydroxylation is 2. The lowest BCUT2D eigenvalue weighted by Gasteiger charge is -2.23. The lowest BCUT2D eigenvalue weighted by atomic mass is 9.81. The summed E-state index contributed by atoms with van der Waals surface area (Å²) in [5.74, 6) is -0.0616. The average Bonchev–Trinajstić information content (AvgIpc) is 3.17. The van der Waals surface area contributed by atoms with Crippen molar-refractivity contribution in [1.29, 1.82) is 0 Å². The number of benzene rings is 2. The molecule has 1 aliphatic carbocycles. The van der Waals surface area contributed by atoms with E-state index in [-0.39, 0.29) is 17.7 Å². The van der Waals surface area contributed by atoms with Crippen LogP contribution < -0.4 is 4.90 Å². The molecule has 5 heteroatoms. The Balaban J connectivity index is 1.59. The summed E-state index contributed by atoms with van der Waals surface area (Å²) in [4.78, 5) is 32.6. The summed E-state index contributed by atoms with van der Waals surface area (Å²) < 4.78 is 2.13. The number of anilines is 1. The summed E-state index contributed by atoms with van der Waals surface area (Å²) in [5, 5.41) is 0. The molecule has 0 saturated carbocycles. The van der Waals surface area contributed by atoms with Crippen LogP contribution in [0, 0.1) is 12.8 Å². The third kappa shape index (κ3) is 2.50. The number of hydrogen-bond acceptors (Lipinski definition) is 3. The van der Waals surface area contributed by atoms with E-state index in [9.17, 15) is 9.59 Å². The zero-order valence-corrected chi connectivity index (χ0v) is 15.7. The van der Waals surface area contributed by atoms with Gasteiger partial charge in [-0.3, -0.25) is 9.59 Å². The first kappa shape index (κ1) is 16.9. The molecular weight excluding hydrogens is 350 g/mol. The summed E-state index contributed by atoms with van der Waals surface area (Å²) in [7, 11) is 0. The maximum absolute atomic E-state index is 13.4. The average molecular weight is 371 g/mol. The van der Waals surface area contributed by atoms with Gasteiger partial charge in [-0.05, 0) is 37.5 Å². The van der Waals surface area contributed by atoms with Crippen LogP contribution >= 0.6 is 0 Å². The van der Waals surface area contributed by atoms with E-state index in [1.165, 1.54) is 4.90 Å². The molecule has 0 radical (unpaired) electrons. The lowest BCUT2D eigenvalue weighted by Crippen LogP contribution is -2.30. The van der Waals surface area contributed by atoms with Crippen molar-refractivity contribution in [2.75, 3.05) is 4.90 Å². The number of carbonyl (C=O) groups excluding carboxylic acids is 2. The molecule has 0 N–H and O–H groups in total. The van der Waals surface area contributed by atoms with Gasteiger partial charge >= 0.3 is 0 Å². The van der Waals surface area contributed by atoms with Gasteiger partial charge in [-0.15, -0.1) is 0 Å². The summed E-state index contributed by atoms with van der Waals surface area (Å²) in [5.41, 5.74) is 3.70. The first-order chi connectivity index (χ1) is 13.6. The van der Waals surface area contributed by atoms with Gasteiger partial charge in [-0.25, -0.2) is 9.88 Å². The number of imide groups is 1. The highest BCUT2D eigenvalue weighted by atomic mass is 16.2. The standard InChI is InChI=1S/C23H21N3O2/c1-15-24-19-13-12-18-20(21(19)25(15)14-16-8-4-2-5-9-16)23(28)26(22(18)27)17-10-6-3-7-11-17/h2-11,18,20H,12-14H2,1H3. The van der Waals surface area contributed by atoms with E-state index < -0.39 is 5.92 Å². The summed E-state index contributed by atoms with van der Waals surface area (Å²) >= 11 is 0. The fourth-order valence-electron chi connectivity index (χ4n) is 4.59. The van der Waals surface area contributed by atoms with Gasteiger partial charge in [0, 0.05) is 6.54 Å². The van der Waals surface area contributed by atoms with Crippen LogP contribution in [0.3, 0.4) is 0 Å². The third-order valence-electron chi connectivity index (χ3n) is 5.88. The highest BCUT2D eigenvalue weighted by Gasteiger charge is 2.52. The van der Waals surface area contributed by atoms with Gasteiger partial charge in [0.1, 0.15) is 5.82 Å². The SMILES string of the molecule is Cc1nc2c(n1Cc1ccccc1)C1C(=O)N(c3ccccc3)C(=O)C1CC2. The van der Waals surface area contributed by atoms with Gasteiger partial charge in [0.05, 0.1) is 28.9 Å². The Hall–Kier alpha value is -3.21. The number of para-hydroxylation sites is 1. The number of carbonyl (C=O) groups is 2. The van der Waals surface area contributed by atoms with E-state index in [1.54, 1.807) is 0 Å². The van der Waals surface area contributed by atoms with Crippen LogP contribution in [0.1, 0.15) is 35.1 Å². The van der Waals surface area contributed by atoms with Crippen LogP contribution in [0.5, 0.6) is 0 Å². The molecule has 140 valence electrons. The number of fused-ring (bicyclic) bond motifs is 3. The van der Waals surface area contributed by atoms with Gasteiger partial charge in [-0.2, -0.15) is 0 Å².